The number of rotatable bonds is 5. The van der Waals surface area contributed by atoms with Gasteiger partial charge in [-0.3, -0.25) is 0 Å². The predicted molar refractivity (Wildman–Crippen MR) is 73.0 cm³/mol. The van der Waals surface area contributed by atoms with Gasteiger partial charge in [-0.15, -0.1) is 5.10 Å². The second-order valence-electron chi connectivity index (χ2n) is 4.11. The number of nitrogens with zero attached hydrogens (tertiary/aromatic N) is 2. The third-order valence-corrected chi connectivity index (χ3v) is 3.35. The van der Waals surface area contributed by atoms with Crippen molar-refractivity contribution >= 4 is 23.1 Å². The van der Waals surface area contributed by atoms with Gasteiger partial charge in [-0.1, -0.05) is 28.2 Å². The molecule has 1 aromatic heterocycles. The van der Waals surface area contributed by atoms with Crippen LogP contribution in [0.1, 0.15) is 18.2 Å². The molecule has 0 radical (unpaired) electrons. The highest BCUT2D eigenvalue weighted by Crippen LogP contribution is 2.20. The van der Waals surface area contributed by atoms with Crippen LogP contribution in [0, 0.1) is 0 Å². The van der Waals surface area contributed by atoms with E-state index >= 15 is 0 Å². The molecule has 0 aliphatic rings. The van der Waals surface area contributed by atoms with Crippen molar-refractivity contribution < 1.29 is 4.74 Å². The molecule has 96 valence electrons. The lowest BCUT2D eigenvalue weighted by molar-refractivity contribution is 0.301. The number of hydrogen-bond acceptors (Lipinski definition) is 5. The molecule has 2 N–H and O–H groups in total. The van der Waals surface area contributed by atoms with Gasteiger partial charge < -0.3 is 10.5 Å². The molecular weight excluding hydrogens is 270 g/mol. The third kappa shape index (κ3) is 3.66. The molecule has 0 amide bonds. The third-order valence-electron chi connectivity index (χ3n) is 2.37. The first-order valence-corrected chi connectivity index (χ1v) is 6.74. The number of ether oxygens (including phenoxy) is 1. The number of aromatic nitrogens is 2. The van der Waals surface area contributed by atoms with Crippen molar-refractivity contribution in [1.29, 1.82) is 0 Å². The average Bonchev–Trinajstić information content (AvgIpc) is 2.73. The molecule has 18 heavy (non-hydrogen) atoms. The molecule has 0 fully saturated rings. The fourth-order valence-electron chi connectivity index (χ4n) is 1.53. The van der Waals surface area contributed by atoms with E-state index in [1.54, 1.807) is 0 Å². The van der Waals surface area contributed by atoms with Crippen molar-refractivity contribution in [2.45, 2.75) is 26.0 Å². The summed E-state index contributed by atoms with van der Waals surface area (Å²) in [6.45, 7) is 2.32. The van der Waals surface area contributed by atoms with Crippen LogP contribution in [-0.4, -0.2) is 15.6 Å². The summed E-state index contributed by atoms with van der Waals surface area (Å²) in [4.78, 5) is 0. The van der Waals surface area contributed by atoms with Crippen LogP contribution < -0.4 is 10.5 Å². The largest absolute Gasteiger partial charge is 0.487 e. The highest BCUT2D eigenvalue weighted by molar-refractivity contribution is 7.10. The van der Waals surface area contributed by atoms with Crippen molar-refractivity contribution in [2.24, 2.45) is 5.73 Å². The molecule has 0 aliphatic heterocycles. The first-order chi connectivity index (χ1) is 8.65. The van der Waals surface area contributed by atoms with E-state index in [1.165, 1.54) is 5.56 Å². The van der Waals surface area contributed by atoms with Crippen LogP contribution in [0.4, 0.5) is 0 Å². The van der Waals surface area contributed by atoms with Gasteiger partial charge in [0.25, 0.3) is 0 Å². The van der Waals surface area contributed by atoms with Crippen LogP contribution in [0.3, 0.4) is 0 Å². The quantitative estimate of drug-likeness (QED) is 0.916. The van der Waals surface area contributed by atoms with Crippen molar-refractivity contribution in [3.63, 3.8) is 0 Å². The maximum atomic E-state index is 5.89. The smallest absolute Gasteiger partial charge is 0.141 e. The summed E-state index contributed by atoms with van der Waals surface area (Å²) >= 11 is 7.05. The first kappa shape index (κ1) is 13.3. The molecule has 1 aromatic carbocycles. The number of hydrogen-bond donors (Lipinski definition) is 1. The van der Waals surface area contributed by atoms with Crippen LogP contribution in [0.5, 0.6) is 5.75 Å². The Labute approximate surface area is 115 Å². The molecule has 0 aliphatic carbocycles. The van der Waals surface area contributed by atoms with E-state index in [-0.39, 0.29) is 6.04 Å². The van der Waals surface area contributed by atoms with Gasteiger partial charge >= 0.3 is 0 Å². The van der Waals surface area contributed by atoms with Gasteiger partial charge in [-0.05, 0) is 31.0 Å². The number of benzene rings is 1. The zero-order chi connectivity index (χ0) is 13.0. The molecule has 1 unspecified atom stereocenters. The second-order valence-corrected chi connectivity index (χ2v) is 5.46. The molecule has 0 saturated carbocycles. The Morgan fingerprint density at radius 1 is 1.39 bits per heavy atom. The molecule has 1 atom stereocenters. The summed E-state index contributed by atoms with van der Waals surface area (Å²) < 4.78 is 9.90. The first-order valence-electron chi connectivity index (χ1n) is 5.59. The molecule has 4 nitrogen and oxygen atoms in total. The highest BCUT2D eigenvalue weighted by atomic mass is 35.5. The maximum Gasteiger partial charge on any atom is 0.141 e. The maximum absolute atomic E-state index is 5.89. The van der Waals surface area contributed by atoms with Crippen LogP contribution in [-0.2, 0) is 13.0 Å². The summed E-state index contributed by atoms with van der Waals surface area (Å²) in [7, 11) is 0. The highest BCUT2D eigenvalue weighted by Gasteiger charge is 2.06. The van der Waals surface area contributed by atoms with Gasteiger partial charge in [0.1, 0.15) is 22.4 Å². The summed E-state index contributed by atoms with van der Waals surface area (Å²) in [5.41, 5.74) is 7.61. The molecule has 0 saturated heterocycles. The summed E-state index contributed by atoms with van der Waals surface area (Å²) in [5.74, 6) is 0.785. The van der Waals surface area contributed by atoms with Crippen LogP contribution >= 0.6 is 23.1 Å². The van der Waals surface area contributed by atoms with Crippen LogP contribution in [0.2, 0.25) is 4.34 Å². The Hall–Kier alpha value is -1.17. The standard InChI is InChI=1S/C12H14ClN3OS/c1-8(14)6-9-2-4-10(5-3-9)17-7-11-12(13)18-16-15-11/h2-5,8H,6-7,14H2,1H3. The van der Waals surface area contributed by atoms with E-state index < -0.39 is 0 Å². The minimum atomic E-state index is 0.164. The Morgan fingerprint density at radius 3 is 2.67 bits per heavy atom. The van der Waals surface area contributed by atoms with E-state index in [4.69, 9.17) is 22.1 Å². The summed E-state index contributed by atoms with van der Waals surface area (Å²) in [6.07, 6.45) is 0.863. The SMILES string of the molecule is CC(N)Cc1ccc(OCc2nnsc2Cl)cc1. The molecular formula is C12H14ClN3OS. The lowest BCUT2D eigenvalue weighted by Crippen LogP contribution is -2.17. The number of halogens is 1. The Balaban J connectivity index is 1.92. The van der Waals surface area contributed by atoms with E-state index in [0.717, 1.165) is 23.7 Å². The Bertz CT molecular complexity index is 498. The van der Waals surface area contributed by atoms with E-state index in [9.17, 15) is 0 Å². The number of nitrogens with two attached hydrogens (primary N) is 1. The fraction of sp³-hybridized carbons (Fsp3) is 0.333. The topological polar surface area (TPSA) is 61.0 Å². The van der Waals surface area contributed by atoms with Crippen molar-refractivity contribution in [3.05, 3.63) is 39.9 Å². The zero-order valence-electron chi connectivity index (χ0n) is 9.97. The van der Waals surface area contributed by atoms with Crippen LogP contribution in [0.15, 0.2) is 24.3 Å². The fourth-order valence-corrected chi connectivity index (χ4v) is 2.13. The van der Waals surface area contributed by atoms with Gasteiger partial charge in [0.15, 0.2) is 0 Å². The van der Waals surface area contributed by atoms with E-state index in [1.807, 2.05) is 31.2 Å². The molecule has 6 heteroatoms. The predicted octanol–water partition coefficient (Wildman–Crippen LogP) is 2.66. The van der Waals surface area contributed by atoms with Gasteiger partial charge in [0, 0.05) is 17.6 Å². The lowest BCUT2D eigenvalue weighted by Gasteiger charge is -2.07. The van der Waals surface area contributed by atoms with Crippen LogP contribution in [0.25, 0.3) is 0 Å². The zero-order valence-corrected chi connectivity index (χ0v) is 11.5. The normalized spacial score (nSPS) is 12.4. The van der Waals surface area contributed by atoms with E-state index in [2.05, 4.69) is 9.59 Å². The Kier molecular flexibility index (Phi) is 4.52. The van der Waals surface area contributed by atoms with Gasteiger partial charge in [-0.25, -0.2) is 0 Å². The molecule has 2 rings (SSSR count). The lowest BCUT2D eigenvalue weighted by atomic mass is 10.1. The monoisotopic (exact) mass is 283 g/mol. The molecule has 0 bridgehead atoms. The van der Waals surface area contributed by atoms with Crippen molar-refractivity contribution in [1.82, 2.24) is 9.59 Å². The van der Waals surface area contributed by atoms with Crippen molar-refractivity contribution in [2.75, 3.05) is 0 Å². The summed E-state index contributed by atoms with van der Waals surface area (Å²) in [5, 5.41) is 3.88. The molecule has 0 spiro atoms. The average molecular weight is 284 g/mol. The van der Waals surface area contributed by atoms with Crippen molar-refractivity contribution in [3.8, 4) is 5.75 Å². The van der Waals surface area contributed by atoms with Gasteiger partial charge in [0.2, 0.25) is 0 Å². The molecule has 1 heterocycles. The minimum absolute atomic E-state index is 0.164. The summed E-state index contributed by atoms with van der Waals surface area (Å²) in [6, 6.07) is 8.03. The van der Waals surface area contributed by atoms with Gasteiger partial charge in [0.05, 0.1) is 0 Å². The van der Waals surface area contributed by atoms with Gasteiger partial charge in [-0.2, -0.15) is 0 Å². The Morgan fingerprint density at radius 2 is 2.11 bits per heavy atom. The minimum Gasteiger partial charge on any atom is -0.487 e. The second kappa shape index (κ2) is 6.13. The van der Waals surface area contributed by atoms with E-state index in [0.29, 0.717) is 16.6 Å². The molecule has 2 aromatic rings.